The van der Waals surface area contributed by atoms with Gasteiger partial charge in [0.05, 0.1) is 6.10 Å². The van der Waals surface area contributed by atoms with Crippen LogP contribution in [0.4, 0.5) is 0 Å². The average Bonchev–Trinajstić information content (AvgIpc) is 3.07. The van der Waals surface area contributed by atoms with E-state index in [0.29, 0.717) is 23.5 Å². The van der Waals surface area contributed by atoms with Crippen molar-refractivity contribution >= 4 is 35.5 Å². The molecule has 5 heteroatoms. The Labute approximate surface area is 179 Å². The number of rotatable bonds is 2. The Hall–Kier alpha value is -1.08. The van der Waals surface area contributed by atoms with E-state index in [2.05, 4.69) is 51.6 Å². The lowest BCUT2D eigenvalue weighted by Crippen LogP contribution is -2.72. The number of ether oxygens (including phenoxy) is 1. The first kappa shape index (κ1) is 19.2. The summed E-state index contributed by atoms with van der Waals surface area (Å²) in [5.74, 6) is 1.77. The minimum absolute atomic E-state index is 0. The van der Waals surface area contributed by atoms with E-state index in [-0.39, 0.29) is 24.0 Å². The van der Waals surface area contributed by atoms with Gasteiger partial charge in [-0.15, -0.1) is 24.0 Å². The molecule has 3 atom stereocenters. The van der Waals surface area contributed by atoms with Crippen molar-refractivity contribution in [2.24, 2.45) is 16.3 Å². The van der Waals surface area contributed by atoms with Gasteiger partial charge >= 0.3 is 0 Å². The Morgan fingerprint density at radius 1 is 1.26 bits per heavy atom. The lowest BCUT2D eigenvalue weighted by Gasteiger charge is -2.63. The van der Waals surface area contributed by atoms with Crippen LogP contribution >= 0.6 is 24.0 Å². The molecule has 1 saturated heterocycles. The van der Waals surface area contributed by atoms with Crippen LogP contribution in [0, 0.1) is 11.3 Å². The molecule has 2 aliphatic carbocycles. The van der Waals surface area contributed by atoms with Crippen LogP contribution in [0.15, 0.2) is 41.4 Å². The van der Waals surface area contributed by atoms with Gasteiger partial charge in [0.1, 0.15) is 0 Å². The normalized spacial score (nSPS) is 31.3. The van der Waals surface area contributed by atoms with Gasteiger partial charge < -0.3 is 15.0 Å². The van der Waals surface area contributed by atoms with Gasteiger partial charge in [-0.1, -0.05) is 42.8 Å². The fourth-order valence-corrected chi connectivity index (χ4v) is 5.67. The van der Waals surface area contributed by atoms with Crippen molar-refractivity contribution in [1.82, 2.24) is 10.2 Å². The lowest BCUT2D eigenvalue weighted by molar-refractivity contribution is -0.171. The molecule has 2 saturated carbocycles. The van der Waals surface area contributed by atoms with Gasteiger partial charge in [0.2, 0.25) is 0 Å². The minimum Gasteiger partial charge on any atom is -0.377 e. The predicted octanol–water partition coefficient (Wildman–Crippen LogP) is 3.93. The molecule has 146 valence electrons. The average molecular weight is 479 g/mol. The summed E-state index contributed by atoms with van der Waals surface area (Å²) in [7, 11) is 1.92. The summed E-state index contributed by atoms with van der Waals surface area (Å²) < 4.78 is 6.06. The zero-order valence-electron chi connectivity index (χ0n) is 16.1. The van der Waals surface area contributed by atoms with Gasteiger partial charge in [-0.05, 0) is 36.8 Å². The van der Waals surface area contributed by atoms with Crippen molar-refractivity contribution in [2.45, 2.75) is 44.2 Å². The third-order valence-electron chi connectivity index (χ3n) is 7.19. The number of fused-ring (bicyclic) bond motifs is 2. The van der Waals surface area contributed by atoms with Crippen LogP contribution in [0.2, 0.25) is 0 Å². The summed E-state index contributed by atoms with van der Waals surface area (Å²) in [5, 5.41) is 3.86. The van der Waals surface area contributed by atoms with Gasteiger partial charge in [0, 0.05) is 44.1 Å². The molecule has 5 rings (SSSR count). The molecule has 0 radical (unpaired) electrons. The third kappa shape index (κ3) is 3.11. The Bertz CT molecular complexity index is 728. The maximum atomic E-state index is 6.06. The fourth-order valence-electron chi connectivity index (χ4n) is 5.67. The van der Waals surface area contributed by atoms with E-state index in [9.17, 15) is 0 Å². The van der Waals surface area contributed by atoms with Gasteiger partial charge in [-0.25, -0.2) is 0 Å². The summed E-state index contributed by atoms with van der Waals surface area (Å²) in [5.41, 5.74) is 3.21. The molecule has 1 aromatic carbocycles. The molecule has 2 aliphatic heterocycles. The summed E-state index contributed by atoms with van der Waals surface area (Å²) >= 11 is 0. The predicted molar refractivity (Wildman–Crippen MR) is 120 cm³/mol. The Kier molecular flexibility index (Phi) is 5.52. The number of aliphatic imine (C=N–C) groups is 1. The summed E-state index contributed by atoms with van der Waals surface area (Å²) in [6.07, 6.45) is 9.16. The molecular weight excluding hydrogens is 449 g/mol. The van der Waals surface area contributed by atoms with Crippen LogP contribution < -0.4 is 5.32 Å². The van der Waals surface area contributed by atoms with E-state index in [1.165, 1.54) is 36.8 Å². The molecule has 4 aliphatic rings. The lowest BCUT2D eigenvalue weighted by atomic mass is 9.46. The molecule has 3 unspecified atom stereocenters. The van der Waals surface area contributed by atoms with Crippen molar-refractivity contribution in [3.63, 3.8) is 0 Å². The molecule has 1 aromatic rings. The first-order valence-corrected chi connectivity index (χ1v) is 10.2. The SMILES string of the molecule is CN=C(NC1C2CCOC2C12CCC2)N1CC=C(c2ccccc2)CC1.I. The highest BCUT2D eigenvalue weighted by Gasteiger charge is 2.66. The van der Waals surface area contributed by atoms with Crippen LogP contribution in [0.3, 0.4) is 0 Å². The van der Waals surface area contributed by atoms with Gasteiger partial charge in [0.15, 0.2) is 5.96 Å². The second-order valence-electron chi connectivity index (χ2n) is 8.29. The molecule has 3 fully saturated rings. The molecule has 2 heterocycles. The first-order valence-electron chi connectivity index (χ1n) is 10.2. The maximum absolute atomic E-state index is 6.06. The van der Waals surface area contributed by atoms with Gasteiger partial charge in [-0.2, -0.15) is 0 Å². The Balaban J connectivity index is 0.00000180. The van der Waals surface area contributed by atoms with Crippen LogP contribution in [-0.4, -0.2) is 49.7 Å². The topological polar surface area (TPSA) is 36.9 Å². The quantitative estimate of drug-likeness (QED) is 0.397. The second-order valence-corrected chi connectivity index (χ2v) is 8.29. The molecule has 0 amide bonds. The summed E-state index contributed by atoms with van der Waals surface area (Å²) in [4.78, 5) is 7.04. The number of halogens is 1. The number of hydrogen-bond donors (Lipinski definition) is 1. The molecule has 0 bridgehead atoms. The van der Waals surface area contributed by atoms with E-state index in [1.54, 1.807) is 0 Å². The van der Waals surface area contributed by atoms with Crippen molar-refractivity contribution in [3.8, 4) is 0 Å². The number of nitrogens with zero attached hydrogens (tertiary/aromatic N) is 2. The van der Waals surface area contributed by atoms with Crippen molar-refractivity contribution < 1.29 is 4.74 Å². The second kappa shape index (κ2) is 7.74. The Morgan fingerprint density at radius 2 is 2.07 bits per heavy atom. The van der Waals surface area contributed by atoms with E-state index in [1.807, 2.05) is 7.05 Å². The number of nitrogens with one attached hydrogen (secondary N) is 1. The van der Waals surface area contributed by atoms with E-state index < -0.39 is 0 Å². The molecular formula is C22H30IN3O. The Morgan fingerprint density at radius 3 is 2.70 bits per heavy atom. The van der Waals surface area contributed by atoms with Crippen LogP contribution in [0.25, 0.3) is 5.57 Å². The fraction of sp³-hybridized carbons (Fsp3) is 0.591. The van der Waals surface area contributed by atoms with Crippen LogP contribution in [0.5, 0.6) is 0 Å². The van der Waals surface area contributed by atoms with Crippen molar-refractivity contribution in [3.05, 3.63) is 42.0 Å². The maximum Gasteiger partial charge on any atom is 0.194 e. The number of guanidine groups is 1. The van der Waals surface area contributed by atoms with Crippen molar-refractivity contribution in [2.75, 3.05) is 26.7 Å². The minimum atomic E-state index is 0. The summed E-state index contributed by atoms with van der Waals surface area (Å²) in [6.45, 7) is 2.92. The van der Waals surface area contributed by atoms with E-state index >= 15 is 0 Å². The number of hydrogen-bond acceptors (Lipinski definition) is 2. The van der Waals surface area contributed by atoms with Crippen molar-refractivity contribution in [1.29, 1.82) is 0 Å². The zero-order valence-corrected chi connectivity index (χ0v) is 18.4. The van der Waals surface area contributed by atoms with Crippen LogP contribution in [0.1, 0.15) is 37.7 Å². The largest absolute Gasteiger partial charge is 0.377 e. The number of benzene rings is 1. The summed E-state index contributed by atoms with van der Waals surface area (Å²) in [6, 6.07) is 11.3. The molecule has 27 heavy (non-hydrogen) atoms. The molecule has 1 N–H and O–H groups in total. The highest BCUT2D eigenvalue weighted by Crippen LogP contribution is 2.62. The highest BCUT2D eigenvalue weighted by molar-refractivity contribution is 14.0. The van der Waals surface area contributed by atoms with E-state index in [0.717, 1.165) is 32.1 Å². The first-order chi connectivity index (χ1) is 12.8. The smallest absolute Gasteiger partial charge is 0.194 e. The van der Waals surface area contributed by atoms with E-state index in [4.69, 9.17) is 4.74 Å². The van der Waals surface area contributed by atoms with Gasteiger partial charge in [0.25, 0.3) is 0 Å². The zero-order chi connectivity index (χ0) is 17.6. The molecule has 4 nitrogen and oxygen atoms in total. The third-order valence-corrected chi connectivity index (χ3v) is 7.19. The highest BCUT2D eigenvalue weighted by atomic mass is 127. The standard InChI is InChI=1S/C22H29N3O.HI/c1-23-21(24-19-18-10-15-26-20(18)22(19)11-5-12-22)25-13-8-17(9-14-25)16-6-3-2-4-7-16;/h2-4,6-8,18-20H,5,9-15H2,1H3,(H,23,24);1H. The molecule has 1 spiro atoms. The molecule has 0 aromatic heterocycles. The van der Waals surface area contributed by atoms with Crippen LogP contribution in [-0.2, 0) is 4.74 Å². The monoisotopic (exact) mass is 479 g/mol. The van der Waals surface area contributed by atoms with Gasteiger partial charge in [-0.3, -0.25) is 4.99 Å².